The molecule has 7 nitrogen and oxygen atoms in total. The molecule has 1 saturated heterocycles. The average Bonchev–Trinajstić information content (AvgIpc) is 2.72. The molecule has 1 aliphatic heterocycles. The van der Waals surface area contributed by atoms with Gasteiger partial charge in [0.25, 0.3) is 11.6 Å². The number of amides is 1. The Morgan fingerprint density at radius 3 is 2.45 bits per heavy atom. The minimum atomic E-state index is -0.460. The number of rotatable bonds is 7. The molecule has 0 aromatic heterocycles. The Balaban J connectivity index is 1.45. The molecule has 1 amide bonds. The van der Waals surface area contributed by atoms with E-state index in [1.54, 1.807) is 19.1 Å². The van der Waals surface area contributed by atoms with Crippen molar-refractivity contribution in [1.29, 1.82) is 0 Å². The molecule has 1 aliphatic rings. The van der Waals surface area contributed by atoms with Crippen LogP contribution in [0.2, 0.25) is 0 Å². The van der Waals surface area contributed by atoms with Crippen molar-refractivity contribution in [3.8, 4) is 0 Å². The van der Waals surface area contributed by atoms with Gasteiger partial charge >= 0.3 is 0 Å². The lowest BCUT2D eigenvalue weighted by molar-refractivity contribution is -0.385. The third-order valence-electron chi connectivity index (χ3n) is 5.40. The maximum absolute atomic E-state index is 12.2. The second-order valence-electron chi connectivity index (χ2n) is 7.57. The molecule has 29 heavy (non-hydrogen) atoms. The van der Waals surface area contributed by atoms with Crippen molar-refractivity contribution >= 4 is 17.3 Å². The van der Waals surface area contributed by atoms with Crippen molar-refractivity contribution in [2.24, 2.45) is 0 Å². The standard InChI is InChI=1S/C22H28N4O3/c1-17-5-8-19(16-21(17)26(28)29)22(27)23-11-3-4-18-6-9-20(10-7-18)25-14-12-24(2)13-15-25/h5-10,16H,3-4,11-15H2,1-2H3,(H,23,27). The molecule has 0 aliphatic carbocycles. The van der Waals surface area contributed by atoms with Gasteiger partial charge in [0.2, 0.25) is 0 Å². The van der Waals surface area contributed by atoms with Crippen molar-refractivity contribution in [3.05, 3.63) is 69.3 Å². The first kappa shape index (κ1) is 20.8. The van der Waals surface area contributed by atoms with Gasteiger partial charge in [-0.25, -0.2) is 0 Å². The SMILES string of the molecule is Cc1ccc(C(=O)NCCCc2ccc(N3CCN(C)CC3)cc2)cc1[N+](=O)[O-]. The third-order valence-corrected chi connectivity index (χ3v) is 5.40. The second kappa shape index (κ2) is 9.52. The van der Waals surface area contributed by atoms with Crippen LogP contribution in [0.3, 0.4) is 0 Å². The number of anilines is 1. The highest BCUT2D eigenvalue weighted by atomic mass is 16.6. The van der Waals surface area contributed by atoms with E-state index in [0.717, 1.165) is 39.0 Å². The van der Waals surface area contributed by atoms with Crippen LogP contribution in [0.5, 0.6) is 0 Å². The number of nitrogens with one attached hydrogen (secondary N) is 1. The summed E-state index contributed by atoms with van der Waals surface area (Å²) in [7, 11) is 2.15. The summed E-state index contributed by atoms with van der Waals surface area (Å²) >= 11 is 0. The van der Waals surface area contributed by atoms with E-state index in [9.17, 15) is 14.9 Å². The fraction of sp³-hybridized carbons (Fsp3) is 0.409. The van der Waals surface area contributed by atoms with Gasteiger partial charge in [0.1, 0.15) is 0 Å². The van der Waals surface area contributed by atoms with Crippen LogP contribution in [0, 0.1) is 17.0 Å². The Morgan fingerprint density at radius 2 is 1.79 bits per heavy atom. The Kier molecular flexibility index (Phi) is 6.82. The molecule has 0 spiro atoms. The van der Waals surface area contributed by atoms with Gasteiger partial charge in [0, 0.05) is 55.6 Å². The van der Waals surface area contributed by atoms with Crippen molar-refractivity contribution in [2.45, 2.75) is 19.8 Å². The van der Waals surface area contributed by atoms with Gasteiger partial charge in [-0.3, -0.25) is 14.9 Å². The van der Waals surface area contributed by atoms with Gasteiger partial charge in [-0.15, -0.1) is 0 Å². The Morgan fingerprint density at radius 1 is 1.10 bits per heavy atom. The number of carbonyl (C=O) groups is 1. The fourth-order valence-electron chi connectivity index (χ4n) is 3.48. The predicted molar refractivity (Wildman–Crippen MR) is 115 cm³/mol. The molecule has 0 bridgehead atoms. The monoisotopic (exact) mass is 396 g/mol. The molecular formula is C22H28N4O3. The molecule has 154 valence electrons. The topological polar surface area (TPSA) is 78.7 Å². The normalized spacial score (nSPS) is 14.6. The van der Waals surface area contributed by atoms with Crippen molar-refractivity contribution < 1.29 is 9.72 Å². The summed E-state index contributed by atoms with van der Waals surface area (Å²) in [5.41, 5.74) is 3.34. The number of nitro benzene ring substituents is 1. The lowest BCUT2D eigenvalue weighted by atomic mass is 10.1. The van der Waals surface area contributed by atoms with E-state index in [0.29, 0.717) is 17.7 Å². The van der Waals surface area contributed by atoms with Crippen LogP contribution in [-0.2, 0) is 6.42 Å². The van der Waals surface area contributed by atoms with E-state index >= 15 is 0 Å². The van der Waals surface area contributed by atoms with Crippen LogP contribution in [0.1, 0.15) is 27.9 Å². The third kappa shape index (κ3) is 5.54. The Hall–Kier alpha value is -2.93. The van der Waals surface area contributed by atoms with Gasteiger partial charge in [-0.1, -0.05) is 18.2 Å². The van der Waals surface area contributed by atoms with Crippen LogP contribution < -0.4 is 10.2 Å². The quantitative estimate of drug-likeness (QED) is 0.442. The van der Waals surface area contributed by atoms with E-state index in [4.69, 9.17) is 0 Å². The van der Waals surface area contributed by atoms with Gasteiger partial charge in [-0.2, -0.15) is 0 Å². The number of nitrogens with zero attached hydrogens (tertiary/aromatic N) is 3. The number of hydrogen-bond acceptors (Lipinski definition) is 5. The van der Waals surface area contributed by atoms with Crippen LogP contribution >= 0.6 is 0 Å². The highest BCUT2D eigenvalue weighted by Gasteiger charge is 2.15. The molecule has 0 atom stereocenters. The molecule has 2 aromatic carbocycles. The summed E-state index contributed by atoms with van der Waals surface area (Å²) in [6.45, 7) is 6.48. The highest BCUT2D eigenvalue weighted by molar-refractivity contribution is 5.94. The minimum Gasteiger partial charge on any atom is -0.369 e. The molecule has 0 saturated carbocycles. The molecule has 3 rings (SSSR count). The summed E-state index contributed by atoms with van der Waals surface area (Å²) < 4.78 is 0. The molecule has 7 heteroatoms. The second-order valence-corrected chi connectivity index (χ2v) is 7.57. The lowest BCUT2D eigenvalue weighted by Crippen LogP contribution is -2.44. The van der Waals surface area contributed by atoms with Crippen molar-refractivity contribution in [1.82, 2.24) is 10.2 Å². The molecule has 2 aromatic rings. The summed E-state index contributed by atoms with van der Waals surface area (Å²) in [6.07, 6.45) is 1.69. The van der Waals surface area contributed by atoms with E-state index < -0.39 is 4.92 Å². The van der Waals surface area contributed by atoms with Crippen LogP contribution in [0.4, 0.5) is 11.4 Å². The van der Waals surface area contributed by atoms with Gasteiger partial charge in [0.05, 0.1) is 4.92 Å². The number of likely N-dealkylation sites (N-methyl/N-ethyl adjacent to an activating group) is 1. The molecule has 1 fully saturated rings. The van der Waals surface area contributed by atoms with E-state index in [1.807, 2.05) is 0 Å². The number of aryl methyl sites for hydroxylation is 2. The zero-order valence-electron chi connectivity index (χ0n) is 17.1. The van der Waals surface area contributed by atoms with Crippen molar-refractivity contribution in [2.75, 3.05) is 44.7 Å². The minimum absolute atomic E-state index is 0.0295. The highest BCUT2D eigenvalue weighted by Crippen LogP contribution is 2.19. The van der Waals surface area contributed by atoms with E-state index in [1.165, 1.54) is 17.3 Å². The van der Waals surface area contributed by atoms with Crippen LogP contribution in [0.25, 0.3) is 0 Å². The Labute approximate surface area is 171 Å². The van der Waals surface area contributed by atoms with Crippen LogP contribution in [0.15, 0.2) is 42.5 Å². The molecular weight excluding hydrogens is 368 g/mol. The summed E-state index contributed by atoms with van der Waals surface area (Å²) in [4.78, 5) is 27.6. The van der Waals surface area contributed by atoms with E-state index in [-0.39, 0.29) is 11.6 Å². The zero-order chi connectivity index (χ0) is 20.8. The number of nitro groups is 1. The maximum atomic E-state index is 12.2. The van der Waals surface area contributed by atoms with E-state index in [2.05, 4.69) is 46.4 Å². The average molecular weight is 396 g/mol. The molecule has 1 heterocycles. The summed E-state index contributed by atoms with van der Waals surface area (Å²) in [6, 6.07) is 13.2. The van der Waals surface area contributed by atoms with Gasteiger partial charge < -0.3 is 15.1 Å². The fourth-order valence-corrected chi connectivity index (χ4v) is 3.48. The smallest absolute Gasteiger partial charge is 0.273 e. The summed E-state index contributed by atoms with van der Waals surface area (Å²) in [5.74, 6) is -0.279. The predicted octanol–water partition coefficient (Wildman–Crippen LogP) is 3.02. The first-order valence-corrected chi connectivity index (χ1v) is 10.00. The Bertz CT molecular complexity index is 859. The number of benzene rings is 2. The first-order valence-electron chi connectivity index (χ1n) is 10.00. The van der Waals surface area contributed by atoms with Crippen LogP contribution in [-0.4, -0.2) is 55.5 Å². The molecule has 0 unspecified atom stereocenters. The number of piperazine rings is 1. The molecule has 1 N–H and O–H groups in total. The maximum Gasteiger partial charge on any atom is 0.273 e. The van der Waals surface area contributed by atoms with Crippen molar-refractivity contribution in [3.63, 3.8) is 0 Å². The largest absolute Gasteiger partial charge is 0.369 e. The first-order chi connectivity index (χ1) is 13.9. The van der Waals surface area contributed by atoms with Gasteiger partial charge in [0.15, 0.2) is 0 Å². The zero-order valence-corrected chi connectivity index (χ0v) is 17.1. The molecule has 0 radical (unpaired) electrons. The number of hydrogen-bond donors (Lipinski definition) is 1. The number of carbonyl (C=O) groups excluding carboxylic acids is 1. The van der Waals surface area contributed by atoms with Gasteiger partial charge in [-0.05, 0) is 50.6 Å². The lowest BCUT2D eigenvalue weighted by Gasteiger charge is -2.34. The summed E-state index contributed by atoms with van der Waals surface area (Å²) in [5, 5.41) is 13.9.